The van der Waals surface area contributed by atoms with E-state index in [4.69, 9.17) is 4.74 Å². The predicted molar refractivity (Wildman–Crippen MR) is 99.4 cm³/mol. The molecule has 0 bridgehead atoms. The normalized spacial score (nSPS) is 16.2. The number of rotatable bonds is 6. The molecule has 1 atom stereocenters. The number of nitrogens with zero attached hydrogens (tertiary/aromatic N) is 1. The topological polar surface area (TPSA) is 41.6 Å². The van der Waals surface area contributed by atoms with Gasteiger partial charge in [0.25, 0.3) is 0 Å². The van der Waals surface area contributed by atoms with Crippen LogP contribution in [0.3, 0.4) is 0 Å². The van der Waals surface area contributed by atoms with Crippen molar-refractivity contribution < 1.29 is 13.9 Å². The van der Waals surface area contributed by atoms with E-state index in [0.717, 1.165) is 29.8 Å². The van der Waals surface area contributed by atoms with Crippen LogP contribution in [-0.2, 0) is 16.0 Å². The Bertz CT molecular complexity index is 727. The summed E-state index contributed by atoms with van der Waals surface area (Å²) in [6, 6.07) is 14.5. The van der Waals surface area contributed by atoms with Crippen molar-refractivity contribution in [2.24, 2.45) is 0 Å². The molecular weight excluding hydrogens is 331 g/mol. The van der Waals surface area contributed by atoms with E-state index in [-0.39, 0.29) is 17.8 Å². The number of carbonyl (C=O) groups is 1. The van der Waals surface area contributed by atoms with Crippen LogP contribution in [0.15, 0.2) is 48.5 Å². The molecule has 3 rings (SSSR count). The molecule has 0 spiro atoms. The van der Waals surface area contributed by atoms with Gasteiger partial charge in [-0.1, -0.05) is 42.0 Å². The van der Waals surface area contributed by atoms with Crippen LogP contribution in [0, 0.1) is 12.7 Å². The molecule has 1 saturated heterocycles. The minimum absolute atomic E-state index is 0.00373. The van der Waals surface area contributed by atoms with Gasteiger partial charge in [-0.05, 0) is 30.2 Å². The Morgan fingerprint density at radius 3 is 2.62 bits per heavy atom. The Hall–Kier alpha value is -2.24. The van der Waals surface area contributed by atoms with E-state index in [1.165, 1.54) is 12.1 Å². The highest BCUT2D eigenvalue weighted by Crippen LogP contribution is 2.21. The third-order valence-electron chi connectivity index (χ3n) is 4.68. The lowest BCUT2D eigenvalue weighted by atomic mass is 10.0. The molecule has 26 heavy (non-hydrogen) atoms. The highest BCUT2D eigenvalue weighted by molar-refractivity contribution is 5.78. The summed E-state index contributed by atoms with van der Waals surface area (Å²) < 4.78 is 18.7. The van der Waals surface area contributed by atoms with Gasteiger partial charge in [-0.2, -0.15) is 0 Å². The van der Waals surface area contributed by atoms with E-state index in [1.807, 2.05) is 31.2 Å². The SMILES string of the molecule is Cc1cccc(CC(=O)NC[C@@H](c2ccc(F)cc2)N2CCOCC2)c1. The first kappa shape index (κ1) is 18.5. The summed E-state index contributed by atoms with van der Waals surface area (Å²) in [4.78, 5) is 14.7. The summed E-state index contributed by atoms with van der Waals surface area (Å²) >= 11 is 0. The average molecular weight is 356 g/mol. The Morgan fingerprint density at radius 1 is 1.19 bits per heavy atom. The number of benzene rings is 2. The van der Waals surface area contributed by atoms with Crippen molar-refractivity contribution in [2.45, 2.75) is 19.4 Å². The van der Waals surface area contributed by atoms with Crippen molar-refractivity contribution in [1.29, 1.82) is 0 Å². The van der Waals surface area contributed by atoms with Gasteiger partial charge in [-0.3, -0.25) is 9.69 Å². The monoisotopic (exact) mass is 356 g/mol. The van der Waals surface area contributed by atoms with Crippen molar-refractivity contribution in [3.05, 3.63) is 71.0 Å². The number of halogens is 1. The fraction of sp³-hybridized carbons (Fsp3) is 0.381. The van der Waals surface area contributed by atoms with Crippen LogP contribution in [0.1, 0.15) is 22.7 Å². The third kappa shape index (κ3) is 5.13. The number of nitrogens with one attached hydrogen (secondary N) is 1. The van der Waals surface area contributed by atoms with Gasteiger partial charge in [0.1, 0.15) is 5.82 Å². The van der Waals surface area contributed by atoms with E-state index in [1.54, 1.807) is 12.1 Å². The van der Waals surface area contributed by atoms with E-state index in [9.17, 15) is 9.18 Å². The first-order chi connectivity index (χ1) is 12.6. The van der Waals surface area contributed by atoms with Crippen LogP contribution in [-0.4, -0.2) is 43.7 Å². The Morgan fingerprint density at radius 2 is 1.92 bits per heavy atom. The molecule has 0 aromatic heterocycles. The molecule has 138 valence electrons. The van der Waals surface area contributed by atoms with E-state index < -0.39 is 0 Å². The lowest BCUT2D eigenvalue weighted by Crippen LogP contribution is -2.44. The van der Waals surface area contributed by atoms with Crippen molar-refractivity contribution in [3.8, 4) is 0 Å². The van der Waals surface area contributed by atoms with E-state index in [0.29, 0.717) is 26.2 Å². The van der Waals surface area contributed by atoms with Crippen molar-refractivity contribution in [2.75, 3.05) is 32.8 Å². The predicted octanol–water partition coefficient (Wildman–Crippen LogP) is 2.87. The van der Waals surface area contributed by atoms with Gasteiger partial charge in [0, 0.05) is 19.6 Å². The minimum Gasteiger partial charge on any atom is -0.379 e. The second kappa shape index (κ2) is 8.92. The maximum Gasteiger partial charge on any atom is 0.224 e. The molecule has 1 heterocycles. The molecule has 1 aliphatic heterocycles. The Balaban J connectivity index is 1.65. The van der Waals surface area contributed by atoms with E-state index >= 15 is 0 Å². The highest BCUT2D eigenvalue weighted by Gasteiger charge is 2.23. The summed E-state index contributed by atoms with van der Waals surface area (Å²) in [7, 11) is 0. The molecule has 5 heteroatoms. The first-order valence-electron chi connectivity index (χ1n) is 9.01. The van der Waals surface area contributed by atoms with Crippen LogP contribution in [0.5, 0.6) is 0 Å². The maximum atomic E-state index is 13.3. The zero-order chi connectivity index (χ0) is 18.4. The van der Waals surface area contributed by atoms with Crippen LogP contribution in [0.25, 0.3) is 0 Å². The number of hydrogen-bond donors (Lipinski definition) is 1. The summed E-state index contributed by atoms with van der Waals surface area (Å²) in [6.07, 6.45) is 0.362. The van der Waals surface area contributed by atoms with Crippen molar-refractivity contribution in [1.82, 2.24) is 10.2 Å². The van der Waals surface area contributed by atoms with Gasteiger partial charge in [0.2, 0.25) is 5.91 Å². The van der Waals surface area contributed by atoms with Gasteiger partial charge >= 0.3 is 0 Å². The fourth-order valence-corrected chi connectivity index (χ4v) is 3.31. The molecule has 0 aliphatic carbocycles. The summed E-state index contributed by atoms with van der Waals surface area (Å²) in [6.45, 7) is 5.47. The fourth-order valence-electron chi connectivity index (χ4n) is 3.31. The zero-order valence-electron chi connectivity index (χ0n) is 15.1. The van der Waals surface area contributed by atoms with Crippen LogP contribution < -0.4 is 5.32 Å². The lowest BCUT2D eigenvalue weighted by Gasteiger charge is -2.35. The third-order valence-corrected chi connectivity index (χ3v) is 4.68. The van der Waals surface area contributed by atoms with E-state index in [2.05, 4.69) is 10.2 Å². The van der Waals surface area contributed by atoms with Gasteiger partial charge in [0.15, 0.2) is 0 Å². The average Bonchev–Trinajstić information content (AvgIpc) is 2.64. The second-order valence-electron chi connectivity index (χ2n) is 6.69. The zero-order valence-corrected chi connectivity index (χ0v) is 15.1. The molecule has 1 N–H and O–H groups in total. The van der Waals surface area contributed by atoms with Crippen molar-refractivity contribution >= 4 is 5.91 Å². The molecular formula is C21H25FN2O2. The summed E-state index contributed by atoms with van der Waals surface area (Å²) in [5.74, 6) is -0.256. The van der Waals surface area contributed by atoms with Crippen molar-refractivity contribution in [3.63, 3.8) is 0 Å². The number of morpholine rings is 1. The minimum atomic E-state index is -0.252. The quantitative estimate of drug-likeness (QED) is 0.865. The molecule has 1 aliphatic rings. The first-order valence-corrected chi connectivity index (χ1v) is 9.01. The summed E-state index contributed by atoms with van der Waals surface area (Å²) in [5.41, 5.74) is 3.16. The van der Waals surface area contributed by atoms with Gasteiger partial charge in [-0.15, -0.1) is 0 Å². The lowest BCUT2D eigenvalue weighted by molar-refractivity contribution is -0.120. The largest absolute Gasteiger partial charge is 0.379 e. The van der Waals surface area contributed by atoms with Gasteiger partial charge in [-0.25, -0.2) is 4.39 Å². The number of carbonyl (C=O) groups excluding carboxylic acids is 1. The number of aryl methyl sites for hydroxylation is 1. The standard InChI is InChI=1S/C21H25FN2O2/c1-16-3-2-4-17(13-16)14-21(25)23-15-20(24-9-11-26-12-10-24)18-5-7-19(22)8-6-18/h2-8,13,20H,9-12,14-15H2,1H3,(H,23,25)/t20-/m0/s1. The summed E-state index contributed by atoms with van der Waals surface area (Å²) in [5, 5.41) is 3.05. The molecule has 4 nitrogen and oxygen atoms in total. The number of hydrogen-bond acceptors (Lipinski definition) is 3. The van der Waals surface area contributed by atoms with Crippen LogP contribution >= 0.6 is 0 Å². The maximum absolute atomic E-state index is 13.3. The molecule has 2 aromatic rings. The number of amides is 1. The Kier molecular flexibility index (Phi) is 6.36. The second-order valence-corrected chi connectivity index (χ2v) is 6.69. The van der Waals surface area contributed by atoms with Gasteiger partial charge < -0.3 is 10.1 Å². The number of ether oxygens (including phenoxy) is 1. The molecule has 0 saturated carbocycles. The molecule has 1 fully saturated rings. The highest BCUT2D eigenvalue weighted by atomic mass is 19.1. The Labute approximate surface area is 154 Å². The van der Waals surface area contributed by atoms with Crippen LogP contribution in [0.4, 0.5) is 4.39 Å². The smallest absolute Gasteiger partial charge is 0.224 e. The molecule has 0 radical (unpaired) electrons. The van der Waals surface area contributed by atoms with Gasteiger partial charge in [0.05, 0.1) is 25.7 Å². The molecule has 0 unspecified atom stereocenters. The van der Waals surface area contributed by atoms with Crippen LogP contribution in [0.2, 0.25) is 0 Å². The molecule has 2 aromatic carbocycles. The molecule has 1 amide bonds.